The molecule has 0 fully saturated rings. The SMILES string of the molecule is CC(=O)N(/C=C/C=C/C=Nc1ccccc1)c1ccccc1. The summed E-state index contributed by atoms with van der Waals surface area (Å²) in [6, 6.07) is 19.2. The summed E-state index contributed by atoms with van der Waals surface area (Å²) in [5, 5.41) is 0. The monoisotopic (exact) mass is 290 g/mol. The lowest BCUT2D eigenvalue weighted by Crippen LogP contribution is -2.21. The van der Waals surface area contributed by atoms with Gasteiger partial charge in [0.1, 0.15) is 0 Å². The normalized spacial score (nSPS) is 11.5. The van der Waals surface area contributed by atoms with Crippen molar-refractivity contribution in [2.24, 2.45) is 4.99 Å². The third-order valence-corrected chi connectivity index (χ3v) is 2.90. The highest BCUT2D eigenvalue weighted by molar-refractivity contribution is 5.93. The maximum absolute atomic E-state index is 11.7. The summed E-state index contributed by atoms with van der Waals surface area (Å²) in [7, 11) is 0. The van der Waals surface area contributed by atoms with Crippen LogP contribution in [0.25, 0.3) is 0 Å². The van der Waals surface area contributed by atoms with Crippen LogP contribution in [0.1, 0.15) is 6.92 Å². The second-order valence-electron chi connectivity index (χ2n) is 4.56. The van der Waals surface area contributed by atoms with Crippen LogP contribution in [0.15, 0.2) is 90.1 Å². The van der Waals surface area contributed by atoms with E-state index in [1.165, 1.54) is 6.92 Å². The van der Waals surface area contributed by atoms with E-state index in [9.17, 15) is 4.79 Å². The van der Waals surface area contributed by atoms with E-state index >= 15 is 0 Å². The number of hydrogen-bond donors (Lipinski definition) is 0. The van der Waals surface area contributed by atoms with Crippen LogP contribution in [-0.4, -0.2) is 12.1 Å². The van der Waals surface area contributed by atoms with Crippen LogP contribution in [0.4, 0.5) is 11.4 Å². The summed E-state index contributed by atoms with van der Waals surface area (Å²) in [5.74, 6) is -0.0335. The number of carbonyl (C=O) groups excluding carboxylic acids is 1. The van der Waals surface area contributed by atoms with Crippen LogP contribution in [0, 0.1) is 0 Å². The van der Waals surface area contributed by atoms with Crippen molar-refractivity contribution in [1.82, 2.24) is 0 Å². The van der Waals surface area contributed by atoms with Crippen molar-refractivity contribution in [2.45, 2.75) is 6.92 Å². The number of anilines is 1. The van der Waals surface area contributed by atoms with Gasteiger partial charge in [0, 0.05) is 25.0 Å². The quantitative estimate of drug-likeness (QED) is 0.589. The minimum Gasteiger partial charge on any atom is -0.288 e. The minimum atomic E-state index is -0.0335. The molecule has 110 valence electrons. The number of hydrogen-bond acceptors (Lipinski definition) is 2. The standard InChI is InChI=1S/C19H18N2O/c1-17(22)21(19-13-7-3-8-14-19)16-10-4-9-15-20-18-11-5-2-6-12-18/h2-16H,1H3/b9-4+,16-10+,20-15?. The highest BCUT2D eigenvalue weighted by atomic mass is 16.2. The van der Waals surface area contributed by atoms with Gasteiger partial charge in [-0.2, -0.15) is 0 Å². The van der Waals surface area contributed by atoms with E-state index in [1.54, 1.807) is 17.3 Å². The highest BCUT2D eigenvalue weighted by Gasteiger charge is 2.05. The minimum absolute atomic E-state index is 0.0335. The average molecular weight is 290 g/mol. The topological polar surface area (TPSA) is 32.7 Å². The maximum atomic E-state index is 11.7. The molecule has 0 spiro atoms. The van der Waals surface area contributed by atoms with Crippen molar-refractivity contribution in [2.75, 3.05) is 4.90 Å². The molecule has 0 N–H and O–H groups in total. The predicted octanol–water partition coefficient (Wildman–Crippen LogP) is 4.51. The van der Waals surface area contributed by atoms with Crippen LogP contribution in [0.3, 0.4) is 0 Å². The van der Waals surface area contributed by atoms with E-state index in [0.29, 0.717) is 0 Å². The first-order valence-corrected chi connectivity index (χ1v) is 7.05. The first-order valence-electron chi connectivity index (χ1n) is 7.05. The highest BCUT2D eigenvalue weighted by Crippen LogP contribution is 2.13. The van der Waals surface area contributed by atoms with Gasteiger partial charge >= 0.3 is 0 Å². The summed E-state index contributed by atoms with van der Waals surface area (Å²) >= 11 is 0. The van der Waals surface area contributed by atoms with Crippen LogP contribution in [0.2, 0.25) is 0 Å². The molecule has 0 bridgehead atoms. The van der Waals surface area contributed by atoms with Crippen molar-refractivity contribution in [3.05, 3.63) is 85.1 Å². The van der Waals surface area contributed by atoms with E-state index < -0.39 is 0 Å². The molecule has 0 atom stereocenters. The average Bonchev–Trinajstić information content (AvgIpc) is 2.55. The van der Waals surface area contributed by atoms with E-state index in [1.807, 2.05) is 78.9 Å². The smallest absolute Gasteiger partial charge is 0.227 e. The van der Waals surface area contributed by atoms with Gasteiger partial charge in [-0.1, -0.05) is 42.5 Å². The number of aliphatic imine (C=N–C) groups is 1. The molecule has 0 aliphatic carbocycles. The molecule has 0 heterocycles. The van der Waals surface area contributed by atoms with Crippen molar-refractivity contribution in [3.63, 3.8) is 0 Å². The number of rotatable bonds is 5. The molecule has 0 radical (unpaired) electrons. The number of benzene rings is 2. The Bertz CT molecular complexity index is 673. The molecular weight excluding hydrogens is 272 g/mol. The van der Waals surface area contributed by atoms with Gasteiger partial charge in [0.25, 0.3) is 0 Å². The van der Waals surface area contributed by atoms with Crippen molar-refractivity contribution >= 4 is 23.5 Å². The van der Waals surface area contributed by atoms with Crippen molar-refractivity contribution < 1.29 is 4.79 Å². The summed E-state index contributed by atoms with van der Waals surface area (Å²) in [6.45, 7) is 1.54. The third kappa shape index (κ3) is 4.87. The lowest BCUT2D eigenvalue weighted by atomic mass is 10.3. The Labute approximate surface area is 130 Å². The number of carbonyl (C=O) groups is 1. The maximum Gasteiger partial charge on any atom is 0.227 e. The zero-order valence-electron chi connectivity index (χ0n) is 12.5. The Hall–Kier alpha value is -2.94. The van der Waals surface area contributed by atoms with Gasteiger partial charge in [0.2, 0.25) is 5.91 Å². The summed E-state index contributed by atoms with van der Waals surface area (Å²) in [4.78, 5) is 17.6. The van der Waals surface area contributed by atoms with Gasteiger partial charge in [0.15, 0.2) is 0 Å². The Morgan fingerprint density at radius 2 is 1.55 bits per heavy atom. The molecule has 0 aliphatic heterocycles. The van der Waals surface area contributed by atoms with E-state index in [0.717, 1.165) is 11.4 Å². The molecule has 0 unspecified atom stereocenters. The van der Waals surface area contributed by atoms with Gasteiger partial charge < -0.3 is 0 Å². The molecule has 0 saturated carbocycles. The Balaban J connectivity index is 1.96. The fourth-order valence-electron chi connectivity index (χ4n) is 1.85. The number of para-hydroxylation sites is 2. The number of amides is 1. The van der Waals surface area contributed by atoms with E-state index in [2.05, 4.69) is 4.99 Å². The first-order chi connectivity index (χ1) is 10.8. The zero-order valence-corrected chi connectivity index (χ0v) is 12.5. The zero-order chi connectivity index (χ0) is 15.6. The Morgan fingerprint density at radius 3 is 2.18 bits per heavy atom. The van der Waals surface area contributed by atoms with Gasteiger partial charge in [-0.3, -0.25) is 14.7 Å². The summed E-state index contributed by atoms with van der Waals surface area (Å²) in [6.07, 6.45) is 8.94. The Kier molecular flexibility index (Phi) is 5.88. The van der Waals surface area contributed by atoms with Crippen molar-refractivity contribution in [3.8, 4) is 0 Å². The molecule has 0 aliphatic rings. The molecule has 2 rings (SSSR count). The molecule has 3 nitrogen and oxygen atoms in total. The van der Waals surface area contributed by atoms with Crippen LogP contribution < -0.4 is 4.90 Å². The molecule has 22 heavy (non-hydrogen) atoms. The van der Waals surface area contributed by atoms with Gasteiger partial charge in [-0.25, -0.2) is 0 Å². The Morgan fingerprint density at radius 1 is 0.909 bits per heavy atom. The van der Waals surface area contributed by atoms with Gasteiger partial charge in [-0.05, 0) is 36.4 Å². The molecule has 0 aromatic heterocycles. The summed E-state index contributed by atoms with van der Waals surface area (Å²) in [5.41, 5.74) is 1.75. The van der Waals surface area contributed by atoms with Crippen LogP contribution >= 0.6 is 0 Å². The molecule has 3 heteroatoms. The summed E-state index contributed by atoms with van der Waals surface area (Å²) < 4.78 is 0. The van der Waals surface area contributed by atoms with E-state index in [-0.39, 0.29) is 5.91 Å². The largest absolute Gasteiger partial charge is 0.288 e. The van der Waals surface area contributed by atoms with Crippen LogP contribution in [-0.2, 0) is 4.79 Å². The first kappa shape index (κ1) is 15.4. The van der Waals surface area contributed by atoms with Gasteiger partial charge in [-0.15, -0.1) is 0 Å². The van der Waals surface area contributed by atoms with Crippen molar-refractivity contribution in [1.29, 1.82) is 0 Å². The molecule has 0 saturated heterocycles. The van der Waals surface area contributed by atoms with Gasteiger partial charge in [0.05, 0.1) is 5.69 Å². The third-order valence-electron chi connectivity index (χ3n) is 2.90. The lowest BCUT2D eigenvalue weighted by Gasteiger charge is -2.15. The van der Waals surface area contributed by atoms with Crippen LogP contribution in [0.5, 0.6) is 0 Å². The number of nitrogens with zero attached hydrogens (tertiary/aromatic N) is 2. The predicted molar refractivity (Wildman–Crippen MR) is 92.5 cm³/mol. The molecular formula is C19H18N2O. The van der Waals surface area contributed by atoms with E-state index in [4.69, 9.17) is 0 Å². The fraction of sp³-hybridized carbons (Fsp3) is 0.0526. The molecule has 2 aromatic carbocycles. The molecule has 2 aromatic rings. The fourth-order valence-corrected chi connectivity index (χ4v) is 1.85. The number of allylic oxidation sites excluding steroid dienone is 3. The molecule has 1 amide bonds. The second-order valence-corrected chi connectivity index (χ2v) is 4.56. The lowest BCUT2D eigenvalue weighted by molar-refractivity contribution is -0.116. The second kappa shape index (κ2) is 8.37.